The summed E-state index contributed by atoms with van der Waals surface area (Å²) in [5, 5.41) is 14.7. The van der Waals surface area contributed by atoms with Crippen molar-refractivity contribution in [2.75, 3.05) is 19.7 Å². The molecule has 5 N–H and O–H groups in total. The number of hydrogen-bond acceptors (Lipinski definition) is 4. The molecule has 0 saturated heterocycles. The Bertz CT molecular complexity index is 347. The summed E-state index contributed by atoms with van der Waals surface area (Å²) in [5.74, 6) is 0.151. The number of hydrogen-bond donors (Lipinski definition) is 4. The summed E-state index contributed by atoms with van der Waals surface area (Å²) in [6, 6.07) is -0.588. The predicted octanol–water partition coefficient (Wildman–Crippen LogP) is 0.000800. The summed E-state index contributed by atoms with van der Waals surface area (Å²) in [6.07, 6.45) is 4.36. The van der Waals surface area contributed by atoms with Crippen molar-refractivity contribution in [2.45, 2.75) is 45.6 Å². The molecule has 0 spiro atoms. The SMILES string of the molecule is CC(C)[C@H](N)C(=O)NCC(=O)NCC1CCCCC1CO. The molecule has 1 aliphatic rings. The van der Waals surface area contributed by atoms with E-state index in [1.807, 2.05) is 13.8 Å². The van der Waals surface area contributed by atoms with Gasteiger partial charge < -0.3 is 21.5 Å². The maximum absolute atomic E-state index is 11.7. The minimum Gasteiger partial charge on any atom is -0.396 e. The smallest absolute Gasteiger partial charge is 0.239 e. The molecular weight excluding hydrogens is 270 g/mol. The lowest BCUT2D eigenvalue weighted by Gasteiger charge is -2.30. The van der Waals surface area contributed by atoms with Crippen LogP contribution in [0.15, 0.2) is 0 Å². The van der Waals surface area contributed by atoms with Gasteiger partial charge in [0.1, 0.15) is 0 Å². The van der Waals surface area contributed by atoms with Crippen LogP contribution in [-0.4, -0.2) is 42.7 Å². The topological polar surface area (TPSA) is 104 Å². The highest BCUT2D eigenvalue weighted by molar-refractivity contribution is 5.87. The van der Waals surface area contributed by atoms with Gasteiger partial charge in [0, 0.05) is 13.2 Å². The molecule has 21 heavy (non-hydrogen) atoms. The lowest BCUT2D eigenvalue weighted by Crippen LogP contribution is -2.47. The number of nitrogens with two attached hydrogens (primary N) is 1. The lowest BCUT2D eigenvalue weighted by molar-refractivity contribution is -0.127. The molecule has 6 nitrogen and oxygen atoms in total. The second-order valence-corrected chi connectivity index (χ2v) is 6.28. The van der Waals surface area contributed by atoms with E-state index in [9.17, 15) is 14.7 Å². The number of nitrogens with one attached hydrogen (secondary N) is 2. The van der Waals surface area contributed by atoms with E-state index in [-0.39, 0.29) is 36.8 Å². The third-order valence-corrected chi connectivity index (χ3v) is 4.31. The first-order chi connectivity index (χ1) is 9.95. The number of aliphatic hydroxyl groups is 1. The van der Waals surface area contributed by atoms with Crippen molar-refractivity contribution in [1.29, 1.82) is 0 Å². The minimum atomic E-state index is -0.588. The van der Waals surface area contributed by atoms with Gasteiger partial charge in [0.2, 0.25) is 11.8 Å². The van der Waals surface area contributed by atoms with Crippen LogP contribution in [0.4, 0.5) is 0 Å². The molecule has 2 amide bonds. The first-order valence-electron chi connectivity index (χ1n) is 7.86. The number of amides is 2. The third-order valence-electron chi connectivity index (χ3n) is 4.31. The van der Waals surface area contributed by atoms with Crippen LogP contribution in [0.25, 0.3) is 0 Å². The molecule has 1 rings (SSSR count). The summed E-state index contributed by atoms with van der Waals surface area (Å²) >= 11 is 0. The van der Waals surface area contributed by atoms with Crippen molar-refractivity contribution >= 4 is 11.8 Å². The zero-order valence-corrected chi connectivity index (χ0v) is 13.1. The predicted molar refractivity (Wildman–Crippen MR) is 81.4 cm³/mol. The fourth-order valence-corrected chi connectivity index (χ4v) is 2.69. The Hall–Kier alpha value is -1.14. The maximum Gasteiger partial charge on any atom is 0.239 e. The summed E-state index contributed by atoms with van der Waals surface area (Å²) in [7, 11) is 0. The van der Waals surface area contributed by atoms with Gasteiger partial charge in [-0.15, -0.1) is 0 Å². The first-order valence-corrected chi connectivity index (χ1v) is 7.86. The highest BCUT2D eigenvalue weighted by Gasteiger charge is 2.25. The molecule has 1 fully saturated rings. The molecule has 2 unspecified atom stereocenters. The van der Waals surface area contributed by atoms with E-state index in [0.717, 1.165) is 25.7 Å². The van der Waals surface area contributed by atoms with E-state index in [1.54, 1.807) is 0 Å². The molecule has 0 heterocycles. The Labute approximate surface area is 126 Å². The molecule has 122 valence electrons. The summed E-state index contributed by atoms with van der Waals surface area (Å²) < 4.78 is 0. The van der Waals surface area contributed by atoms with Gasteiger partial charge in [0.25, 0.3) is 0 Å². The van der Waals surface area contributed by atoms with Crippen LogP contribution in [0, 0.1) is 17.8 Å². The maximum atomic E-state index is 11.7. The molecule has 0 radical (unpaired) electrons. The number of aliphatic hydroxyl groups excluding tert-OH is 1. The largest absolute Gasteiger partial charge is 0.396 e. The molecule has 3 atom stereocenters. The van der Waals surface area contributed by atoms with Gasteiger partial charge in [-0.3, -0.25) is 9.59 Å². The van der Waals surface area contributed by atoms with Crippen LogP contribution >= 0.6 is 0 Å². The normalized spacial score (nSPS) is 23.7. The van der Waals surface area contributed by atoms with E-state index in [0.29, 0.717) is 12.5 Å². The molecule has 0 aromatic rings. The van der Waals surface area contributed by atoms with Crippen molar-refractivity contribution in [3.8, 4) is 0 Å². The molecular formula is C15H29N3O3. The number of carbonyl (C=O) groups is 2. The fourth-order valence-electron chi connectivity index (χ4n) is 2.69. The summed E-state index contributed by atoms with van der Waals surface area (Å²) in [6.45, 7) is 4.43. The van der Waals surface area contributed by atoms with E-state index in [1.165, 1.54) is 0 Å². The van der Waals surface area contributed by atoms with E-state index in [4.69, 9.17) is 5.73 Å². The third kappa shape index (κ3) is 6.01. The van der Waals surface area contributed by atoms with E-state index in [2.05, 4.69) is 10.6 Å². The number of carbonyl (C=O) groups excluding carboxylic acids is 2. The van der Waals surface area contributed by atoms with Gasteiger partial charge in [-0.1, -0.05) is 26.7 Å². The summed E-state index contributed by atoms with van der Waals surface area (Å²) in [5.41, 5.74) is 5.70. The second kappa shape index (κ2) is 9.00. The van der Waals surface area contributed by atoms with Crippen molar-refractivity contribution in [3.05, 3.63) is 0 Å². The molecule has 1 aliphatic carbocycles. The van der Waals surface area contributed by atoms with Gasteiger partial charge in [-0.25, -0.2) is 0 Å². The highest BCUT2D eigenvalue weighted by atomic mass is 16.3. The minimum absolute atomic E-state index is 0.0422. The standard InChI is InChI=1S/C15H29N3O3/c1-10(2)14(16)15(21)18-8-13(20)17-7-11-5-3-4-6-12(11)9-19/h10-12,14,19H,3-9,16H2,1-2H3,(H,17,20)(H,18,21)/t11?,12?,14-/m0/s1. The molecule has 0 aromatic heterocycles. The fraction of sp³-hybridized carbons (Fsp3) is 0.867. The van der Waals surface area contributed by atoms with Gasteiger partial charge in [0.05, 0.1) is 12.6 Å². The second-order valence-electron chi connectivity index (χ2n) is 6.28. The van der Waals surface area contributed by atoms with E-state index >= 15 is 0 Å². The number of rotatable bonds is 7. The highest BCUT2D eigenvalue weighted by Crippen LogP contribution is 2.28. The van der Waals surface area contributed by atoms with Crippen LogP contribution in [0.1, 0.15) is 39.5 Å². The van der Waals surface area contributed by atoms with Crippen LogP contribution in [0.2, 0.25) is 0 Å². The average molecular weight is 299 g/mol. The Morgan fingerprint density at radius 1 is 1.19 bits per heavy atom. The zero-order valence-electron chi connectivity index (χ0n) is 13.1. The lowest BCUT2D eigenvalue weighted by atomic mass is 9.79. The molecule has 6 heteroatoms. The van der Waals surface area contributed by atoms with Crippen molar-refractivity contribution in [2.24, 2.45) is 23.5 Å². The Morgan fingerprint density at radius 2 is 1.81 bits per heavy atom. The van der Waals surface area contributed by atoms with Crippen LogP contribution < -0.4 is 16.4 Å². The van der Waals surface area contributed by atoms with Crippen LogP contribution in [-0.2, 0) is 9.59 Å². The van der Waals surface area contributed by atoms with Crippen molar-refractivity contribution in [1.82, 2.24) is 10.6 Å². The quantitative estimate of drug-likeness (QED) is 0.531. The average Bonchev–Trinajstić information content (AvgIpc) is 2.49. The monoisotopic (exact) mass is 299 g/mol. The van der Waals surface area contributed by atoms with Gasteiger partial charge in [0.15, 0.2) is 0 Å². The van der Waals surface area contributed by atoms with Crippen LogP contribution in [0.5, 0.6) is 0 Å². The van der Waals surface area contributed by atoms with Crippen molar-refractivity contribution in [3.63, 3.8) is 0 Å². The Balaban J connectivity index is 2.26. The molecule has 0 bridgehead atoms. The Kier molecular flexibility index (Phi) is 7.67. The van der Waals surface area contributed by atoms with Gasteiger partial charge >= 0.3 is 0 Å². The molecule has 0 aromatic carbocycles. The Morgan fingerprint density at radius 3 is 2.38 bits per heavy atom. The summed E-state index contributed by atoms with van der Waals surface area (Å²) in [4.78, 5) is 23.4. The van der Waals surface area contributed by atoms with E-state index < -0.39 is 6.04 Å². The molecule has 1 saturated carbocycles. The zero-order chi connectivity index (χ0) is 15.8. The van der Waals surface area contributed by atoms with Crippen molar-refractivity contribution < 1.29 is 14.7 Å². The molecule has 0 aliphatic heterocycles. The first kappa shape index (κ1) is 17.9. The van der Waals surface area contributed by atoms with Gasteiger partial charge in [-0.05, 0) is 30.6 Å². The van der Waals surface area contributed by atoms with Crippen LogP contribution in [0.3, 0.4) is 0 Å². The van der Waals surface area contributed by atoms with Gasteiger partial charge in [-0.2, -0.15) is 0 Å².